The third-order valence-electron chi connectivity index (χ3n) is 8.02. The molecule has 11 nitrogen and oxygen atoms in total. The van der Waals surface area contributed by atoms with Crippen molar-refractivity contribution in [3.8, 4) is 28.7 Å². The molecule has 2 aliphatic rings. The van der Waals surface area contributed by atoms with E-state index in [1.165, 1.54) is 12.7 Å². The topological polar surface area (TPSA) is 107 Å². The Hall–Kier alpha value is -4.17. The van der Waals surface area contributed by atoms with E-state index in [4.69, 9.17) is 14.5 Å². The molecule has 4 heterocycles. The number of halogens is 3. The summed E-state index contributed by atoms with van der Waals surface area (Å²) in [6.45, 7) is 8.62. The maximum atomic E-state index is 13.5. The Morgan fingerprint density at radius 3 is 2.40 bits per heavy atom. The van der Waals surface area contributed by atoms with Crippen LogP contribution in [-0.2, 0) is 17.5 Å². The van der Waals surface area contributed by atoms with Crippen molar-refractivity contribution in [3.63, 3.8) is 0 Å². The summed E-state index contributed by atoms with van der Waals surface area (Å²) in [6, 6.07) is 7.25. The molecule has 1 saturated carbocycles. The van der Waals surface area contributed by atoms with E-state index in [9.17, 15) is 13.2 Å². The van der Waals surface area contributed by atoms with Crippen LogP contribution in [0.25, 0.3) is 22.8 Å². The molecule has 0 N–H and O–H groups in total. The largest absolute Gasteiger partial charge is 0.480 e. The van der Waals surface area contributed by atoms with E-state index < -0.39 is 11.9 Å². The molecular formula is C31H36F3N9O2. The summed E-state index contributed by atoms with van der Waals surface area (Å²) in [6.07, 6.45) is 1.64. The molecule has 3 aromatic heterocycles. The highest BCUT2D eigenvalue weighted by Crippen LogP contribution is 2.44. The molecule has 4 aromatic rings. The van der Waals surface area contributed by atoms with Crippen molar-refractivity contribution < 1.29 is 22.6 Å². The molecule has 14 heteroatoms. The summed E-state index contributed by atoms with van der Waals surface area (Å²) in [5, 5.41) is 0. The second-order valence-corrected chi connectivity index (χ2v) is 11.5. The molecule has 238 valence electrons. The number of methoxy groups -OCH3 is 1. The predicted molar refractivity (Wildman–Crippen MR) is 161 cm³/mol. The summed E-state index contributed by atoms with van der Waals surface area (Å²) in [5.41, 5.74) is 2.21. The Morgan fingerprint density at radius 2 is 1.73 bits per heavy atom. The van der Waals surface area contributed by atoms with Gasteiger partial charge in [0.1, 0.15) is 24.0 Å². The zero-order valence-electron chi connectivity index (χ0n) is 25.5. The maximum absolute atomic E-state index is 13.5. The first-order valence-electron chi connectivity index (χ1n) is 15.1. The van der Waals surface area contributed by atoms with Gasteiger partial charge in [-0.3, -0.25) is 4.90 Å². The fourth-order valence-corrected chi connectivity index (χ4v) is 5.43. The minimum absolute atomic E-state index is 0.189. The molecule has 1 aliphatic carbocycles. The first-order chi connectivity index (χ1) is 21.7. The lowest BCUT2D eigenvalue weighted by molar-refractivity contribution is -0.140. The zero-order valence-corrected chi connectivity index (χ0v) is 25.5. The van der Waals surface area contributed by atoms with Crippen LogP contribution in [0.4, 0.5) is 19.1 Å². The second kappa shape index (κ2) is 13.1. The van der Waals surface area contributed by atoms with E-state index >= 15 is 0 Å². The molecule has 0 atom stereocenters. The zero-order chi connectivity index (χ0) is 31.6. The highest BCUT2D eigenvalue weighted by atomic mass is 19.4. The van der Waals surface area contributed by atoms with Gasteiger partial charge in [-0.2, -0.15) is 18.2 Å². The number of rotatable bonds is 11. The number of nitrogens with zero attached hydrogens (tertiary/aromatic N) is 9. The van der Waals surface area contributed by atoms with Gasteiger partial charge in [-0.05, 0) is 32.3 Å². The Morgan fingerprint density at radius 1 is 1.00 bits per heavy atom. The minimum Gasteiger partial charge on any atom is -0.480 e. The van der Waals surface area contributed by atoms with Gasteiger partial charge in [-0.15, -0.1) is 0 Å². The average molecular weight is 624 g/mol. The van der Waals surface area contributed by atoms with Crippen molar-refractivity contribution in [2.24, 2.45) is 0 Å². The number of aromatic nitrogens is 7. The number of ether oxygens (including phenoxy) is 2. The fourth-order valence-electron chi connectivity index (χ4n) is 5.43. The van der Waals surface area contributed by atoms with E-state index in [1.807, 2.05) is 38.1 Å². The lowest BCUT2D eigenvalue weighted by Gasteiger charge is -2.30. The Bertz CT molecular complexity index is 1600. The summed E-state index contributed by atoms with van der Waals surface area (Å²) in [7, 11) is 1.57. The molecule has 1 saturated heterocycles. The third-order valence-corrected chi connectivity index (χ3v) is 8.02. The van der Waals surface area contributed by atoms with Gasteiger partial charge in [0.15, 0.2) is 11.5 Å². The van der Waals surface area contributed by atoms with Crippen LogP contribution in [-0.4, -0.2) is 85.9 Å². The number of hydrogen-bond acceptors (Lipinski definition) is 10. The molecule has 45 heavy (non-hydrogen) atoms. The SMILES string of the molecule is COc1ncnc(C2CC2)c1-c1ncnc(N(CCN2CCOCC2)Cc2ccc(-c3nc(C(F)(F)F)cn3C(C)C)cc2)n1. The van der Waals surface area contributed by atoms with Crippen LogP contribution < -0.4 is 9.64 Å². The maximum Gasteiger partial charge on any atom is 0.434 e. The summed E-state index contributed by atoms with van der Waals surface area (Å²) in [4.78, 5) is 31.1. The van der Waals surface area contributed by atoms with Gasteiger partial charge in [-0.1, -0.05) is 24.3 Å². The standard InChI is InChI=1S/C31H36F3N9O2/c1-20(2)43-17-24(31(32,33)34)39-28(43)23-6-4-21(5-7-23)16-42(11-10-41-12-14-45-15-13-41)30-38-19-36-27(40-30)25-26(22-8-9-22)35-18-37-29(25)44-3/h4-7,17-20,22H,8-16H2,1-3H3. The molecule has 1 aliphatic heterocycles. The van der Waals surface area contributed by atoms with Crippen molar-refractivity contribution in [3.05, 3.63) is 60.1 Å². The molecular weight excluding hydrogens is 587 g/mol. The van der Waals surface area contributed by atoms with Crippen molar-refractivity contribution >= 4 is 5.95 Å². The van der Waals surface area contributed by atoms with Crippen LogP contribution in [0.3, 0.4) is 0 Å². The van der Waals surface area contributed by atoms with Gasteiger partial charge in [0.25, 0.3) is 0 Å². The number of anilines is 1. The molecule has 0 radical (unpaired) electrons. The van der Waals surface area contributed by atoms with E-state index in [2.05, 4.69) is 34.7 Å². The lowest BCUT2D eigenvalue weighted by Crippen LogP contribution is -2.41. The van der Waals surface area contributed by atoms with Crippen molar-refractivity contribution in [2.75, 3.05) is 51.4 Å². The molecule has 2 fully saturated rings. The van der Waals surface area contributed by atoms with Crippen molar-refractivity contribution in [1.29, 1.82) is 0 Å². The Labute approximate surface area is 259 Å². The Balaban J connectivity index is 1.30. The normalized spacial score (nSPS) is 15.9. The van der Waals surface area contributed by atoms with Crippen LogP contribution in [0.2, 0.25) is 0 Å². The van der Waals surface area contributed by atoms with E-state index in [0.717, 1.165) is 49.9 Å². The Kier molecular flexibility index (Phi) is 8.95. The van der Waals surface area contributed by atoms with Gasteiger partial charge in [-0.25, -0.2) is 24.9 Å². The van der Waals surface area contributed by atoms with E-state index in [1.54, 1.807) is 11.7 Å². The number of hydrogen-bond donors (Lipinski definition) is 0. The monoisotopic (exact) mass is 623 g/mol. The summed E-state index contributed by atoms with van der Waals surface area (Å²) >= 11 is 0. The van der Waals surface area contributed by atoms with Gasteiger partial charge < -0.3 is 18.9 Å². The molecule has 0 amide bonds. The number of alkyl halides is 3. The van der Waals surface area contributed by atoms with Crippen LogP contribution in [0, 0.1) is 0 Å². The van der Waals surface area contributed by atoms with Crippen LogP contribution in [0.15, 0.2) is 43.1 Å². The average Bonchev–Trinajstić information content (AvgIpc) is 3.79. The van der Waals surface area contributed by atoms with Crippen molar-refractivity contribution in [1.82, 2.24) is 39.4 Å². The van der Waals surface area contributed by atoms with E-state index in [-0.39, 0.29) is 11.9 Å². The van der Waals surface area contributed by atoms with Crippen LogP contribution in [0.5, 0.6) is 5.88 Å². The number of imidazole rings is 1. The molecule has 6 rings (SSSR count). The molecule has 1 aromatic carbocycles. The van der Waals surface area contributed by atoms with Crippen LogP contribution >= 0.6 is 0 Å². The number of morpholine rings is 1. The number of benzene rings is 1. The van der Waals surface area contributed by atoms with Crippen molar-refractivity contribution in [2.45, 2.75) is 51.4 Å². The highest BCUT2D eigenvalue weighted by Gasteiger charge is 2.35. The van der Waals surface area contributed by atoms with Crippen LogP contribution in [0.1, 0.15) is 55.6 Å². The van der Waals surface area contributed by atoms with Gasteiger partial charge in [0.05, 0.1) is 26.0 Å². The minimum atomic E-state index is -4.52. The van der Waals surface area contributed by atoms with Gasteiger partial charge >= 0.3 is 6.18 Å². The van der Waals surface area contributed by atoms with E-state index in [0.29, 0.717) is 61.0 Å². The fraction of sp³-hybridized carbons (Fsp3) is 0.484. The molecule has 0 unspecified atom stereocenters. The summed E-state index contributed by atoms with van der Waals surface area (Å²) in [5.74, 6) is 1.97. The first kappa shape index (κ1) is 30.8. The van der Waals surface area contributed by atoms with Gasteiger partial charge in [0.2, 0.25) is 11.8 Å². The third kappa shape index (κ3) is 7.06. The predicted octanol–water partition coefficient (Wildman–Crippen LogP) is 5.02. The molecule has 0 bridgehead atoms. The lowest BCUT2D eigenvalue weighted by atomic mass is 10.1. The summed E-state index contributed by atoms with van der Waals surface area (Å²) < 4.78 is 53.0. The second-order valence-electron chi connectivity index (χ2n) is 11.5. The van der Waals surface area contributed by atoms with Gasteiger partial charge in [0, 0.05) is 56.4 Å². The highest BCUT2D eigenvalue weighted by molar-refractivity contribution is 5.66. The quantitative estimate of drug-likeness (QED) is 0.226. The first-order valence-corrected chi connectivity index (χ1v) is 15.1. The molecule has 0 spiro atoms. The smallest absolute Gasteiger partial charge is 0.434 e.